The number of nitrogens with one attached hydrogen (secondary N) is 1. The summed E-state index contributed by atoms with van der Waals surface area (Å²) in [5, 5.41) is 7.59. The molecule has 0 fully saturated rings. The molecule has 2 aromatic rings. The van der Waals surface area contributed by atoms with E-state index in [4.69, 9.17) is 4.74 Å². The number of para-hydroxylation sites is 1. The van der Waals surface area contributed by atoms with Crippen molar-refractivity contribution in [2.45, 2.75) is 25.8 Å². The Labute approximate surface area is 118 Å². The van der Waals surface area contributed by atoms with Crippen LogP contribution in [0.15, 0.2) is 24.3 Å². The number of rotatable bonds is 6. The van der Waals surface area contributed by atoms with Gasteiger partial charge in [-0.25, -0.2) is 0 Å². The summed E-state index contributed by atoms with van der Waals surface area (Å²) in [7, 11) is 3.65. The molecule has 0 saturated carbocycles. The first-order chi connectivity index (χ1) is 9.31. The Kier molecular flexibility index (Phi) is 4.87. The molecule has 1 atom stereocenters. The number of hydrogen-bond acceptors (Lipinski definition) is 5. The third kappa shape index (κ3) is 2.93. The molecule has 19 heavy (non-hydrogen) atoms. The van der Waals surface area contributed by atoms with Crippen LogP contribution in [0.5, 0.6) is 5.75 Å². The second kappa shape index (κ2) is 6.63. The maximum Gasteiger partial charge on any atom is 0.124 e. The van der Waals surface area contributed by atoms with Gasteiger partial charge in [-0.1, -0.05) is 36.0 Å². The molecular weight excluding hydrogens is 258 g/mol. The Morgan fingerprint density at radius 2 is 2.16 bits per heavy atom. The molecule has 1 N–H and O–H groups in total. The number of ether oxygens (including phenoxy) is 1. The quantitative estimate of drug-likeness (QED) is 0.882. The van der Waals surface area contributed by atoms with Crippen molar-refractivity contribution in [3.8, 4) is 5.75 Å². The molecule has 4 nitrogen and oxygen atoms in total. The lowest BCUT2D eigenvalue weighted by Crippen LogP contribution is -2.18. The number of methoxy groups -OCH3 is 1. The lowest BCUT2D eigenvalue weighted by molar-refractivity contribution is 0.405. The average molecular weight is 277 g/mol. The molecule has 1 aromatic carbocycles. The second-order valence-corrected chi connectivity index (χ2v) is 5.08. The normalized spacial score (nSPS) is 12.4. The fourth-order valence-corrected chi connectivity index (χ4v) is 3.00. The van der Waals surface area contributed by atoms with Crippen molar-refractivity contribution in [3.63, 3.8) is 0 Å². The zero-order valence-electron chi connectivity index (χ0n) is 11.5. The maximum absolute atomic E-state index is 5.45. The Balaban J connectivity index is 2.41. The lowest BCUT2D eigenvalue weighted by Gasteiger charge is -2.18. The van der Waals surface area contributed by atoms with Gasteiger partial charge in [-0.05, 0) is 31.1 Å². The van der Waals surface area contributed by atoms with Gasteiger partial charge in [-0.15, -0.1) is 5.10 Å². The topological polar surface area (TPSA) is 47.0 Å². The van der Waals surface area contributed by atoms with E-state index in [-0.39, 0.29) is 6.04 Å². The molecular formula is C14H19N3OS. The predicted octanol–water partition coefficient (Wildman–Crippen LogP) is 2.81. The lowest BCUT2D eigenvalue weighted by atomic mass is 10.0. The molecule has 2 rings (SSSR count). The molecule has 0 saturated heterocycles. The molecule has 0 aliphatic carbocycles. The van der Waals surface area contributed by atoms with Crippen molar-refractivity contribution in [1.82, 2.24) is 14.9 Å². The molecule has 0 aliphatic heterocycles. The Hall–Kier alpha value is -1.46. The highest BCUT2D eigenvalue weighted by atomic mass is 32.1. The minimum atomic E-state index is 0.0812. The molecule has 0 bridgehead atoms. The Bertz CT molecular complexity index is 527. The van der Waals surface area contributed by atoms with Gasteiger partial charge in [0.25, 0.3) is 0 Å². The molecule has 5 heteroatoms. The number of hydrogen-bond donors (Lipinski definition) is 1. The molecule has 1 unspecified atom stereocenters. The van der Waals surface area contributed by atoms with E-state index in [9.17, 15) is 0 Å². The molecule has 102 valence electrons. The van der Waals surface area contributed by atoms with Gasteiger partial charge in [0.2, 0.25) is 0 Å². The van der Waals surface area contributed by atoms with E-state index in [0.717, 1.165) is 29.8 Å². The highest BCUT2D eigenvalue weighted by molar-refractivity contribution is 7.05. The summed E-state index contributed by atoms with van der Waals surface area (Å²) in [6, 6.07) is 8.14. The molecule has 0 amide bonds. The molecule has 0 spiro atoms. The first-order valence-corrected chi connectivity index (χ1v) is 7.20. The fraction of sp³-hybridized carbons (Fsp3) is 0.429. The van der Waals surface area contributed by atoms with Crippen LogP contribution in [0, 0.1) is 0 Å². The van der Waals surface area contributed by atoms with Crippen LogP contribution in [0.1, 0.15) is 35.5 Å². The highest BCUT2D eigenvalue weighted by Gasteiger charge is 2.21. The van der Waals surface area contributed by atoms with Gasteiger partial charge < -0.3 is 10.1 Å². The van der Waals surface area contributed by atoms with Crippen LogP contribution in [-0.2, 0) is 6.42 Å². The molecule has 0 aliphatic rings. The van der Waals surface area contributed by atoms with Crippen LogP contribution >= 0.6 is 11.5 Å². The monoisotopic (exact) mass is 277 g/mol. The van der Waals surface area contributed by atoms with E-state index in [1.165, 1.54) is 16.4 Å². The third-order valence-corrected chi connectivity index (χ3v) is 3.90. The van der Waals surface area contributed by atoms with Gasteiger partial charge in [0.1, 0.15) is 5.75 Å². The van der Waals surface area contributed by atoms with Crippen LogP contribution in [0.4, 0.5) is 0 Å². The zero-order chi connectivity index (χ0) is 13.7. The van der Waals surface area contributed by atoms with Crippen molar-refractivity contribution in [1.29, 1.82) is 0 Å². The van der Waals surface area contributed by atoms with Crippen molar-refractivity contribution >= 4 is 11.5 Å². The van der Waals surface area contributed by atoms with Crippen molar-refractivity contribution in [2.75, 3.05) is 14.2 Å². The van der Waals surface area contributed by atoms with E-state index in [1.54, 1.807) is 7.11 Å². The van der Waals surface area contributed by atoms with Gasteiger partial charge in [0.15, 0.2) is 0 Å². The summed E-state index contributed by atoms with van der Waals surface area (Å²) in [5.74, 6) is 0.887. The minimum Gasteiger partial charge on any atom is -0.496 e. The van der Waals surface area contributed by atoms with Crippen molar-refractivity contribution in [3.05, 3.63) is 40.4 Å². The molecule has 1 aromatic heterocycles. The summed E-state index contributed by atoms with van der Waals surface area (Å²) < 4.78 is 9.55. The van der Waals surface area contributed by atoms with Gasteiger partial charge in [0.05, 0.1) is 23.7 Å². The van der Waals surface area contributed by atoms with Crippen LogP contribution in [0.2, 0.25) is 0 Å². The molecule has 0 radical (unpaired) electrons. The number of benzene rings is 1. The minimum absolute atomic E-state index is 0.0812. The van der Waals surface area contributed by atoms with Crippen LogP contribution < -0.4 is 10.1 Å². The third-order valence-electron chi connectivity index (χ3n) is 3.07. The SMILES string of the molecule is CCCc1nnsc1C(NC)c1ccccc1OC. The average Bonchev–Trinajstić information content (AvgIpc) is 2.89. The second-order valence-electron chi connectivity index (χ2n) is 4.30. The first-order valence-electron chi connectivity index (χ1n) is 6.43. The van der Waals surface area contributed by atoms with E-state index in [1.807, 2.05) is 25.2 Å². The number of aryl methyl sites for hydroxylation is 1. The zero-order valence-corrected chi connectivity index (χ0v) is 12.3. The van der Waals surface area contributed by atoms with Crippen LogP contribution in [-0.4, -0.2) is 23.7 Å². The fourth-order valence-electron chi connectivity index (χ4n) is 2.18. The van der Waals surface area contributed by atoms with Gasteiger partial charge in [-0.2, -0.15) is 0 Å². The summed E-state index contributed by atoms with van der Waals surface area (Å²) in [6.07, 6.45) is 2.03. The van der Waals surface area contributed by atoms with Crippen LogP contribution in [0.25, 0.3) is 0 Å². The smallest absolute Gasteiger partial charge is 0.124 e. The number of nitrogens with zero attached hydrogens (tertiary/aromatic N) is 2. The van der Waals surface area contributed by atoms with Gasteiger partial charge in [-0.3, -0.25) is 0 Å². The van der Waals surface area contributed by atoms with E-state index in [0.29, 0.717) is 0 Å². The van der Waals surface area contributed by atoms with Gasteiger partial charge in [0, 0.05) is 5.56 Å². The molecule has 1 heterocycles. The summed E-state index contributed by atoms with van der Waals surface area (Å²) >= 11 is 1.46. The summed E-state index contributed by atoms with van der Waals surface area (Å²) in [6.45, 7) is 2.15. The Morgan fingerprint density at radius 3 is 2.84 bits per heavy atom. The number of aromatic nitrogens is 2. The standard InChI is InChI=1S/C14H19N3OS/c1-4-7-11-14(19-17-16-11)13(15-2)10-8-5-6-9-12(10)18-3/h5-6,8-9,13,15H,4,7H2,1-3H3. The summed E-state index contributed by atoms with van der Waals surface area (Å²) in [4.78, 5) is 1.17. The van der Waals surface area contributed by atoms with Crippen molar-refractivity contribution < 1.29 is 4.74 Å². The van der Waals surface area contributed by atoms with Crippen LogP contribution in [0.3, 0.4) is 0 Å². The highest BCUT2D eigenvalue weighted by Crippen LogP contribution is 2.32. The van der Waals surface area contributed by atoms with Gasteiger partial charge >= 0.3 is 0 Å². The summed E-state index contributed by atoms with van der Waals surface area (Å²) in [5.41, 5.74) is 2.20. The van der Waals surface area contributed by atoms with E-state index in [2.05, 4.69) is 27.9 Å². The largest absolute Gasteiger partial charge is 0.496 e. The van der Waals surface area contributed by atoms with E-state index >= 15 is 0 Å². The Morgan fingerprint density at radius 1 is 1.37 bits per heavy atom. The van der Waals surface area contributed by atoms with E-state index < -0.39 is 0 Å². The first kappa shape index (κ1) is 14.0. The maximum atomic E-state index is 5.45. The predicted molar refractivity (Wildman–Crippen MR) is 77.8 cm³/mol. The van der Waals surface area contributed by atoms with Crippen molar-refractivity contribution in [2.24, 2.45) is 0 Å².